The second-order valence-corrected chi connectivity index (χ2v) is 12.6. The molecule has 0 unspecified atom stereocenters. The first-order valence-corrected chi connectivity index (χ1v) is 16.0. The van der Waals surface area contributed by atoms with Crippen LogP contribution in [0.4, 0.5) is 5.69 Å². The normalized spacial score (nSPS) is 12.0. The number of carbonyl (C=O) groups excluding carboxylic acids is 2. The van der Waals surface area contributed by atoms with E-state index in [2.05, 4.69) is 5.32 Å². The number of hydrogen-bond donors (Lipinski definition) is 1. The van der Waals surface area contributed by atoms with Crippen LogP contribution >= 0.6 is 34.8 Å². The van der Waals surface area contributed by atoms with Gasteiger partial charge in [0.2, 0.25) is 11.8 Å². The first-order valence-electron chi connectivity index (χ1n) is 13.5. The van der Waals surface area contributed by atoms with Crippen LogP contribution in [0.3, 0.4) is 0 Å². The van der Waals surface area contributed by atoms with Crippen LogP contribution in [0.25, 0.3) is 0 Å². The molecular formula is C30H34Cl3N3O5S. The minimum atomic E-state index is -4.23. The zero-order valence-corrected chi connectivity index (χ0v) is 26.7. The fourth-order valence-corrected chi connectivity index (χ4v) is 6.32. The summed E-state index contributed by atoms with van der Waals surface area (Å²) in [4.78, 5) is 28.8. The van der Waals surface area contributed by atoms with Gasteiger partial charge in [-0.1, -0.05) is 79.3 Å². The standard InChI is InChI=1S/C30H34Cl3N3O5S/c1-4-6-16-34-30(38)27(5-2)35(19-21-12-14-24(31)25(32)17-21)29(37)20-36(22-13-15-28(41-3)26(33)18-22)42(39,40)23-10-8-7-9-11-23/h7-15,17-18,27H,4-6,16,19-20H2,1-3H3,(H,34,38)/t27-/m1/s1. The Bertz CT molecular complexity index is 1490. The van der Waals surface area contributed by atoms with E-state index in [0.29, 0.717) is 34.3 Å². The van der Waals surface area contributed by atoms with Crippen LogP contribution in [-0.2, 0) is 26.2 Å². The molecule has 0 spiro atoms. The van der Waals surface area contributed by atoms with E-state index in [1.165, 1.54) is 42.3 Å². The van der Waals surface area contributed by atoms with Crippen LogP contribution in [0.5, 0.6) is 5.75 Å². The van der Waals surface area contributed by atoms with Gasteiger partial charge in [0.15, 0.2) is 0 Å². The summed E-state index contributed by atoms with van der Waals surface area (Å²) in [5.41, 5.74) is 0.787. The van der Waals surface area contributed by atoms with Crippen molar-refractivity contribution in [2.75, 3.05) is 24.5 Å². The maximum Gasteiger partial charge on any atom is 0.264 e. The number of hydrogen-bond acceptors (Lipinski definition) is 5. The number of anilines is 1. The topological polar surface area (TPSA) is 96.0 Å². The Morgan fingerprint density at radius 2 is 1.64 bits per heavy atom. The van der Waals surface area contributed by atoms with E-state index >= 15 is 0 Å². The molecule has 0 fully saturated rings. The lowest BCUT2D eigenvalue weighted by Gasteiger charge is -2.33. The van der Waals surface area contributed by atoms with Crippen LogP contribution in [0, 0.1) is 0 Å². The second kappa shape index (κ2) is 15.5. The van der Waals surface area contributed by atoms with Gasteiger partial charge < -0.3 is 15.0 Å². The summed E-state index contributed by atoms with van der Waals surface area (Å²) in [6.45, 7) is 3.66. The third-order valence-electron chi connectivity index (χ3n) is 6.59. The van der Waals surface area contributed by atoms with Crippen molar-refractivity contribution in [3.05, 3.63) is 87.4 Å². The van der Waals surface area contributed by atoms with Gasteiger partial charge in [-0.3, -0.25) is 13.9 Å². The van der Waals surface area contributed by atoms with Crippen molar-refractivity contribution >= 4 is 62.3 Å². The number of carbonyl (C=O) groups is 2. The summed E-state index contributed by atoms with van der Waals surface area (Å²) in [6.07, 6.45) is 1.97. The zero-order valence-electron chi connectivity index (χ0n) is 23.6. The summed E-state index contributed by atoms with van der Waals surface area (Å²) >= 11 is 18.7. The van der Waals surface area contributed by atoms with Crippen molar-refractivity contribution in [2.24, 2.45) is 0 Å². The third-order valence-corrected chi connectivity index (χ3v) is 9.41. The van der Waals surface area contributed by atoms with Crippen LogP contribution in [0.15, 0.2) is 71.6 Å². The Labute approximate surface area is 262 Å². The molecule has 1 N–H and O–H groups in total. The Hall–Kier alpha value is -2.98. The molecule has 0 aromatic heterocycles. The highest BCUT2D eigenvalue weighted by Crippen LogP contribution is 2.32. The summed E-state index contributed by atoms with van der Waals surface area (Å²) in [6, 6.07) is 16.3. The molecule has 2 amide bonds. The Kier molecular flexibility index (Phi) is 12.4. The number of nitrogens with zero attached hydrogens (tertiary/aromatic N) is 2. The lowest BCUT2D eigenvalue weighted by Crippen LogP contribution is -2.52. The van der Waals surface area contributed by atoms with Crippen LogP contribution in [-0.4, -0.2) is 51.4 Å². The summed E-state index contributed by atoms with van der Waals surface area (Å²) in [5.74, 6) is -0.575. The quantitative estimate of drug-likeness (QED) is 0.198. The van der Waals surface area contributed by atoms with E-state index in [0.717, 1.165) is 17.1 Å². The van der Waals surface area contributed by atoms with Crippen molar-refractivity contribution in [1.29, 1.82) is 0 Å². The molecule has 12 heteroatoms. The molecule has 0 radical (unpaired) electrons. The minimum Gasteiger partial charge on any atom is -0.495 e. The lowest BCUT2D eigenvalue weighted by molar-refractivity contribution is -0.140. The second-order valence-electron chi connectivity index (χ2n) is 9.48. The highest BCUT2D eigenvalue weighted by atomic mass is 35.5. The van der Waals surface area contributed by atoms with Crippen LogP contribution in [0.2, 0.25) is 15.1 Å². The van der Waals surface area contributed by atoms with E-state index in [1.54, 1.807) is 43.3 Å². The summed E-state index contributed by atoms with van der Waals surface area (Å²) in [7, 11) is -2.78. The minimum absolute atomic E-state index is 0.00196. The van der Waals surface area contributed by atoms with E-state index in [9.17, 15) is 18.0 Å². The molecule has 226 valence electrons. The monoisotopic (exact) mass is 653 g/mol. The first-order chi connectivity index (χ1) is 20.0. The molecule has 1 atom stereocenters. The number of methoxy groups -OCH3 is 1. The summed E-state index contributed by atoms with van der Waals surface area (Å²) < 4.78 is 34.0. The van der Waals surface area contributed by atoms with Gasteiger partial charge in [-0.05, 0) is 60.9 Å². The number of nitrogens with one attached hydrogen (secondary N) is 1. The van der Waals surface area contributed by atoms with E-state index in [4.69, 9.17) is 39.5 Å². The van der Waals surface area contributed by atoms with Crippen molar-refractivity contribution in [1.82, 2.24) is 10.2 Å². The maximum atomic E-state index is 14.1. The number of benzene rings is 3. The molecule has 0 bridgehead atoms. The van der Waals surface area contributed by atoms with Crippen molar-refractivity contribution in [3.8, 4) is 5.75 Å². The molecule has 0 heterocycles. The first kappa shape index (κ1) is 33.5. The third kappa shape index (κ3) is 8.31. The predicted molar refractivity (Wildman–Crippen MR) is 168 cm³/mol. The number of amides is 2. The SMILES string of the molecule is CCCCNC(=O)[C@@H](CC)N(Cc1ccc(Cl)c(Cl)c1)C(=O)CN(c1ccc(OC)c(Cl)c1)S(=O)(=O)c1ccccc1. The van der Waals surface area contributed by atoms with Gasteiger partial charge in [0.1, 0.15) is 18.3 Å². The van der Waals surface area contributed by atoms with Crippen LogP contribution < -0.4 is 14.4 Å². The molecule has 0 aliphatic carbocycles. The number of halogens is 3. The molecule has 0 aliphatic rings. The average molecular weight is 655 g/mol. The molecule has 8 nitrogen and oxygen atoms in total. The van der Waals surface area contributed by atoms with Crippen molar-refractivity contribution in [3.63, 3.8) is 0 Å². The molecule has 3 aromatic carbocycles. The maximum absolute atomic E-state index is 14.1. The van der Waals surface area contributed by atoms with Gasteiger partial charge in [-0.25, -0.2) is 8.42 Å². The van der Waals surface area contributed by atoms with Gasteiger partial charge in [-0.2, -0.15) is 0 Å². The van der Waals surface area contributed by atoms with E-state index in [1.807, 2.05) is 6.92 Å². The number of sulfonamides is 1. The molecule has 0 aliphatic heterocycles. The van der Waals surface area contributed by atoms with Crippen molar-refractivity contribution in [2.45, 2.75) is 50.6 Å². The molecular weight excluding hydrogens is 621 g/mol. The van der Waals surface area contributed by atoms with E-state index < -0.39 is 28.5 Å². The van der Waals surface area contributed by atoms with Gasteiger partial charge in [0, 0.05) is 13.1 Å². The molecule has 42 heavy (non-hydrogen) atoms. The Morgan fingerprint density at radius 3 is 2.24 bits per heavy atom. The fourth-order valence-electron chi connectivity index (χ4n) is 4.32. The molecule has 0 saturated heterocycles. The number of unbranched alkanes of at least 4 members (excludes halogenated alkanes) is 1. The predicted octanol–water partition coefficient (Wildman–Crippen LogP) is 6.57. The van der Waals surface area contributed by atoms with Gasteiger partial charge in [0.05, 0.1) is 32.8 Å². The van der Waals surface area contributed by atoms with E-state index in [-0.39, 0.29) is 28.1 Å². The lowest BCUT2D eigenvalue weighted by atomic mass is 10.1. The van der Waals surface area contributed by atoms with Crippen molar-refractivity contribution < 1.29 is 22.7 Å². The highest BCUT2D eigenvalue weighted by Gasteiger charge is 2.34. The fraction of sp³-hybridized carbons (Fsp3) is 0.333. The average Bonchev–Trinajstić information content (AvgIpc) is 2.98. The Morgan fingerprint density at radius 1 is 0.929 bits per heavy atom. The van der Waals surface area contributed by atoms with Crippen LogP contribution in [0.1, 0.15) is 38.7 Å². The smallest absolute Gasteiger partial charge is 0.264 e. The van der Waals surface area contributed by atoms with Gasteiger partial charge >= 0.3 is 0 Å². The zero-order chi connectivity index (χ0) is 30.9. The number of ether oxygens (including phenoxy) is 1. The molecule has 3 aromatic rings. The number of rotatable bonds is 14. The molecule has 0 saturated carbocycles. The molecule has 3 rings (SSSR count). The Balaban J connectivity index is 2.07. The van der Waals surface area contributed by atoms with Gasteiger partial charge in [0.25, 0.3) is 10.0 Å². The largest absolute Gasteiger partial charge is 0.495 e. The summed E-state index contributed by atoms with van der Waals surface area (Å²) in [5, 5.41) is 3.71. The highest BCUT2D eigenvalue weighted by molar-refractivity contribution is 7.92. The van der Waals surface area contributed by atoms with Gasteiger partial charge in [-0.15, -0.1) is 0 Å².